The fourth-order valence-corrected chi connectivity index (χ4v) is 5.78. The molecular formula is C21H15O6P. The van der Waals surface area contributed by atoms with Crippen molar-refractivity contribution in [2.24, 2.45) is 0 Å². The van der Waals surface area contributed by atoms with Crippen molar-refractivity contribution in [2.75, 3.05) is 0 Å². The smallest absolute Gasteiger partial charge is 0.335 e. The van der Waals surface area contributed by atoms with E-state index in [1.165, 1.54) is 18.2 Å². The zero-order chi connectivity index (χ0) is 19.9. The van der Waals surface area contributed by atoms with Gasteiger partial charge in [0.15, 0.2) is 0 Å². The number of carbonyl (C=O) groups is 2. The van der Waals surface area contributed by atoms with Crippen LogP contribution in [0, 0.1) is 0 Å². The molecule has 1 unspecified atom stereocenters. The Bertz CT molecular complexity index is 1170. The van der Waals surface area contributed by atoms with Crippen LogP contribution in [0.2, 0.25) is 0 Å². The van der Waals surface area contributed by atoms with Crippen molar-refractivity contribution in [2.45, 2.75) is 6.16 Å². The molecule has 1 atom stereocenters. The van der Waals surface area contributed by atoms with Gasteiger partial charge < -0.3 is 14.7 Å². The van der Waals surface area contributed by atoms with Crippen LogP contribution in [0.5, 0.6) is 5.75 Å². The highest BCUT2D eigenvalue weighted by Gasteiger charge is 2.37. The highest BCUT2D eigenvalue weighted by atomic mass is 31.2. The molecule has 6 nitrogen and oxygen atoms in total. The Morgan fingerprint density at radius 1 is 0.857 bits per heavy atom. The SMILES string of the molecule is O=C(O)c1ccc(C(=O)O)c(CP2(=O)Oc3ccccc3-c3ccccc32)c1. The quantitative estimate of drug-likeness (QED) is 0.642. The summed E-state index contributed by atoms with van der Waals surface area (Å²) in [7, 11) is -3.53. The van der Waals surface area contributed by atoms with Gasteiger partial charge in [-0.3, -0.25) is 4.57 Å². The first-order chi connectivity index (χ1) is 13.4. The van der Waals surface area contributed by atoms with Crippen molar-refractivity contribution in [3.05, 3.63) is 83.4 Å². The highest BCUT2D eigenvalue weighted by molar-refractivity contribution is 7.67. The van der Waals surface area contributed by atoms with Gasteiger partial charge in [0.05, 0.1) is 22.6 Å². The summed E-state index contributed by atoms with van der Waals surface area (Å²) in [6, 6.07) is 18.0. The summed E-state index contributed by atoms with van der Waals surface area (Å²) in [5, 5.41) is 19.2. The minimum absolute atomic E-state index is 0.0719. The molecule has 0 aromatic heterocycles. The second-order valence-electron chi connectivity index (χ2n) is 6.42. The minimum Gasteiger partial charge on any atom is -0.478 e. The summed E-state index contributed by atoms with van der Waals surface area (Å²) in [5.41, 5.74) is 1.56. The van der Waals surface area contributed by atoms with E-state index in [2.05, 4.69) is 0 Å². The van der Waals surface area contributed by atoms with Gasteiger partial charge in [0, 0.05) is 5.56 Å². The molecule has 0 spiro atoms. The van der Waals surface area contributed by atoms with Crippen LogP contribution in [0.1, 0.15) is 26.3 Å². The highest BCUT2D eigenvalue weighted by Crippen LogP contribution is 2.56. The van der Waals surface area contributed by atoms with Crippen LogP contribution in [0.15, 0.2) is 66.7 Å². The molecule has 3 aromatic carbocycles. The van der Waals surface area contributed by atoms with E-state index < -0.39 is 19.3 Å². The number of para-hydroxylation sites is 1. The molecule has 0 amide bonds. The number of fused-ring (bicyclic) bond motifs is 3. The topological polar surface area (TPSA) is 101 Å². The predicted octanol–water partition coefficient (Wildman–Crippen LogP) is 4.25. The molecule has 140 valence electrons. The number of carboxylic acid groups (broad SMARTS) is 2. The summed E-state index contributed by atoms with van der Waals surface area (Å²) < 4.78 is 19.8. The van der Waals surface area contributed by atoms with Gasteiger partial charge in [-0.25, -0.2) is 9.59 Å². The van der Waals surface area contributed by atoms with Crippen LogP contribution >= 0.6 is 7.37 Å². The molecule has 1 aliphatic rings. The third kappa shape index (κ3) is 2.98. The fourth-order valence-electron chi connectivity index (χ4n) is 3.38. The van der Waals surface area contributed by atoms with Crippen LogP contribution in [-0.4, -0.2) is 22.2 Å². The molecule has 28 heavy (non-hydrogen) atoms. The molecule has 0 saturated heterocycles. The standard InChI is InChI=1S/C21H15O6P/c22-20(23)13-9-10-15(21(24)25)14(11-13)12-28(26)19-8-4-2-6-17(19)16-5-1-3-7-18(16)27-28/h1-11H,12H2,(H,22,23)(H,24,25). The zero-order valence-corrected chi connectivity index (χ0v) is 15.4. The summed E-state index contributed by atoms with van der Waals surface area (Å²) >= 11 is 0. The van der Waals surface area contributed by atoms with E-state index in [4.69, 9.17) is 4.52 Å². The molecule has 4 rings (SSSR count). The van der Waals surface area contributed by atoms with Gasteiger partial charge in [0.2, 0.25) is 0 Å². The van der Waals surface area contributed by atoms with Gasteiger partial charge in [-0.2, -0.15) is 0 Å². The van der Waals surface area contributed by atoms with E-state index in [0.29, 0.717) is 11.1 Å². The molecule has 1 aliphatic heterocycles. The number of hydrogen-bond donors (Lipinski definition) is 2. The van der Waals surface area contributed by atoms with E-state index >= 15 is 0 Å². The molecule has 3 aromatic rings. The largest absolute Gasteiger partial charge is 0.478 e. The van der Waals surface area contributed by atoms with Gasteiger partial charge in [0.25, 0.3) is 7.37 Å². The Hall–Kier alpha value is -3.37. The average molecular weight is 394 g/mol. The van der Waals surface area contributed by atoms with Crippen molar-refractivity contribution in [1.82, 2.24) is 0 Å². The maximum atomic E-state index is 13.9. The van der Waals surface area contributed by atoms with Crippen LogP contribution in [0.4, 0.5) is 0 Å². The van der Waals surface area contributed by atoms with Crippen molar-refractivity contribution in [1.29, 1.82) is 0 Å². The van der Waals surface area contributed by atoms with Crippen LogP contribution in [0.3, 0.4) is 0 Å². The molecule has 7 heteroatoms. The Kier molecular flexibility index (Phi) is 4.28. The predicted molar refractivity (Wildman–Crippen MR) is 104 cm³/mol. The van der Waals surface area contributed by atoms with Gasteiger partial charge in [-0.15, -0.1) is 0 Å². The number of aromatic carboxylic acids is 2. The molecule has 2 N–H and O–H groups in total. The van der Waals surface area contributed by atoms with Crippen molar-refractivity contribution in [3.63, 3.8) is 0 Å². The third-order valence-electron chi connectivity index (χ3n) is 4.66. The first kappa shape index (κ1) is 18.0. The second kappa shape index (κ2) is 6.66. The fraction of sp³-hybridized carbons (Fsp3) is 0.0476. The number of carboxylic acids is 2. The average Bonchev–Trinajstić information content (AvgIpc) is 2.68. The van der Waals surface area contributed by atoms with E-state index in [1.807, 2.05) is 24.3 Å². The van der Waals surface area contributed by atoms with E-state index in [0.717, 1.165) is 11.1 Å². The first-order valence-electron chi connectivity index (χ1n) is 8.46. The number of rotatable bonds is 4. The van der Waals surface area contributed by atoms with Gasteiger partial charge in [-0.1, -0.05) is 36.4 Å². The maximum Gasteiger partial charge on any atom is 0.335 e. The number of benzene rings is 3. The van der Waals surface area contributed by atoms with E-state index in [1.54, 1.807) is 24.3 Å². The lowest BCUT2D eigenvalue weighted by molar-refractivity contribution is 0.0680. The van der Waals surface area contributed by atoms with E-state index in [-0.39, 0.29) is 22.9 Å². The first-order valence-corrected chi connectivity index (χ1v) is 10.3. The lowest BCUT2D eigenvalue weighted by atomic mass is 10.0. The summed E-state index contributed by atoms with van der Waals surface area (Å²) in [4.78, 5) is 22.9. The normalized spacial score (nSPS) is 17.1. The lowest BCUT2D eigenvalue weighted by Gasteiger charge is -2.29. The Morgan fingerprint density at radius 3 is 2.25 bits per heavy atom. The molecule has 0 radical (unpaired) electrons. The molecule has 0 bridgehead atoms. The zero-order valence-electron chi connectivity index (χ0n) is 14.5. The van der Waals surface area contributed by atoms with Crippen LogP contribution < -0.4 is 9.83 Å². The summed E-state index contributed by atoms with van der Waals surface area (Å²) in [6.07, 6.45) is -0.221. The number of hydrogen-bond acceptors (Lipinski definition) is 4. The summed E-state index contributed by atoms with van der Waals surface area (Å²) in [6.45, 7) is 0. The molecular weight excluding hydrogens is 379 g/mol. The lowest BCUT2D eigenvalue weighted by Crippen LogP contribution is -2.20. The Labute approximate surface area is 160 Å². The van der Waals surface area contributed by atoms with Crippen LogP contribution in [0.25, 0.3) is 11.1 Å². The maximum absolute atomic E-state index is 13.9. The molecule has 1 heterocycles. The Morgan fingerprint density at radius 2 is 1.54 bits per heavy atom. The van der Waals surface area contributed by atoms with E-state index in [9.17, 15) is 24.4 Å². The molecule has 0 fully saturated rings. The summed E-state index contributed by atoms with van der Waals surface area (Å²) in [5.74, 6) is -1.95. The van der Waals surface area contributed by atoms with Crippen molar-refractivity contribution < 1.29 is 28.9 Å². The third-order valence-corrected chi connectivity index (χ3v) is 7.03. The molecule has 0 saturated carbocycles. The van der Waals surface area contributed by atoms with Crippen molar-refractivity contribution >= 4 is 24.6 Å². The van der Waals surface area contributed by atoms with Gasteiger partial charge in [0.1, 0.15) is 5.75 Å². The minimum atomic E-state index is -3.53. The monoisotopic (exact) mass is 394 g/mol. The van der Waals surface area contributed by atoms with Crippen molar-refractivity contribution in [3.8, 4) is 16.9 Å². The van der Waals surface area contributed by atoms with Crippen LogP contribution in [-0.2, 0) is 10.7 Å². The molecule has 0 aliphatic carbocycles. The second-order valence-corrected chi connectivity index (χ2v) is 8.75. The Balaban J connectivity index is 1.87. The van der Waals surface area contributed by atoms with Gasteiger partial charge in [-0.05, 0) is 41.5 Å². The van der Waals surface area contributed by atoms with Gasteiger partial charge >= 0.3 is 11.9 Å².